The van der Waals surface area contributed by atoms with Crippen molar-refractivity contribution in [2.24, 2.45) is 0 Å². The van der Waals surface area contributed by atoms with Gasteiger partial charge in [-0.25, -0.2) is 0 Å². The van der Waals surface area contributed by atoms with E-state index in [0.29, 0.717) is 0 Å². The predicted octanol–water partition coefficient (Wildman–Crippen LogP) is 14.9. The topological polar surface area (TPSA) is 31.2 Å². The van der Waals surface area contributed by atoms with Crippen molar-refractivity contribution in [3.05, 3.63) is 176 Å². The lowest BCUT2D eigenvalue weighted by Gasteiger charge is -2.13. The molecule has 0 atom stereocenters. The highest BCUT2D eigenvalue weighted by Gasteiger charge is 2.20. The molecule has 0 saturated heterocycles. The third-order valence-electron chi connectivity index (χ3n) is 12.0. The molecule has 13 aromatic rings. The van der Waals surface area contributed by atoms with Crippen LogP contribution in [0.15, 0.2) is 185 Å². The molecule has 3 aromatic heterocycles. The Hall–Kier alpha value is -7.36. The van der Waals surface area contributed by atoms with Crippen molar-refractivity contribution < 1.29 is 8.83 Å². The number of benzene rings is 10. The van der Waals surface area contributed by atoms with Gasteiger partial charge in [-0.1, -0.05) is 121 Å². The number of hydrogen-bond donors (Lipinski definition) is 0. The molecule has 10 aromatic carbocycles. The number of aromatic nitrogens is 1. The van der Waals surface area contributed by atoms with Crippen LogP contribution in [0.2, 0.25) is 0 Å². The Bertz CT molecular complexity index is 3760. The minimum atomic E-state index is 0.901. The molecule has 0 amide bonds. The lowest BCUT2D eigenvalue weighted by atomic mass is 9.90. The van der Waals surface area contributed by atoms with Gasteiger partial charge in [0.1, 0.15) is 16.7 Å². The predicted molar refractivity (Wildman–Crippen MR) is 231 cm³/mol. The van der Waals surface area contributed by atoms with Crippen LogP contribution in [0.4, 0.5) is 0 Å². The third kappa shape index (κ3) is 3.89. The van der Waals surface area contributed by atoms with Crippen molar-refractivity contribution in [2.45, 2.75) is 0 Å². The molecule has 0 bridgehead atoms. The van der Waals surface area contributed by atoms with Crippen molar-refractivity contribution in [3.63, 3.8) is 0 Å². The average molecular weight is 700 g/mol. The molecule has 3 heterocycles. The Labute approximate surface area is 313 Å². The van der Waals surface area contributed by atoms with Crippen molar-refractivity contribution >= 4 is 109 Å². The fourth-order valence-corrected chi connectivity index (χ4v) is 9.54. The summed E-state index contributed by atoms with van der Waals surface area (Å²) < 4.78 is 15.5. The standard InChI is InChI=1S/C52H29NO2/c1-2-11-33-30(10-1)20-24-41-50-48(55-51(33)41)27-25-39-35-23-21-31(28-42(35)34-12-3-4-15-38(34)49(39)50)32-22-26-45-43(29-32)36-13-5-7-17-44(36)53(45)46-18-9-16-40-37-14-6-8-19-47(37)54-52(40)46/h1-29H. The highest BCUT2D eigenvalue weighted by atomic mass is 16.3. The summed E-state index contributed by atoms with van der Waals surface area (Å²) in [5.74, 6) is 0. The molecule has 3 heteroatoms. The molecule has 0 unspecified atom stereocenters. The first-order valence-electron chi connectivity index (χ1n) is 18.8. The highest BCUT2D eigenvalue weighted by Crippen LogP contribution is 2.45. The van der Waals surface area contributed by atoms with Gasteiger partial charge in [0.25, 0.3) is 0 Å². The Morgan fingerprint density at radius 3 is 1.84 bits per heavy atom. The summed E-state index contributed by atoms with van der Waals surface area (Å²) in [6.45, 7) is 0. The molecule has 0 saturated carbocycles. The number of nitrogens with zero attached hydrogens (tertiary/aromatic N) is 1. The maximum absolute atomic E-state index is 6.64. The van der Waals surface area contributed by atoms with Gasteiger partial charge in [0.2, 0.25) is 0 Å². The van der Waals surface area contributed by atoms with E-state index in [1.807, 2.05) is 6.07 Å². The molecule has 0 fully saturated rings. The van der Waals surface area contributed by atoms with E-state index in [1.165, 1.54) is 65.0 Å². The second-order valence-electron chi connectivity index (χ2n) is 14.8. The molecular weight excluding hydrogens is 671 g/mol. The minimum Gasteiger partial charge on any atom is -0.455 e. The zero-order valence-corrected chi connectivity index (χ0v) is 29.5. The molecule has 254 valence electrons. The summed E-state index contributed by atoms with van der Waals surface area (Å²) in [6.07, 6.45) is 0. The van der Waals surface area contributed by atoms with Crippen molar-refractivity contribution in [1.29, 1.82) is 0 Å². The fraction of sp³-hybridized carbons (Fsp3) is 0. The van der Waals surface area contributed by atoms with Crippen LogP contribution in [0.1, 0.15) is 0 Å². The molecule has 3 nitrogen and oxygen atoms in total. The lowest BCUT2D eigenvalue weighted by Crippen LogP contribution is -1.94. The van der Waals surface area contributed by atoms with E-state index < -0.39 is 0 Å². The van der Waals surface area contributed by atoms with Gasteiger partial charge in [-0.3, -0.25) is 0 Å². The molecule has 55 heavy (non-hydrogen) atoms. The SMILES string of the molecule is c1ccc2c(c1)ccc1c2oc2ccc3c4ccc(-c5ccc6c(c5)c5ccccc5n6-c5cccc6c5oc5ccccc56)cc4c4ccccc4c3c21. The number of hydrogen-bond acceptors (Lipinski definition) is 2. The summed E-state index contributed by atoms with van der Waals surface area (Å²) >= 11 is 0. The molecular formula is C52H29NO2. The zero-order valence-electron chi connectivity index (χ0n) is 29.5. The van der Waals surface area contributed by atoms with Gasteiger partial charge in [-0.15, -0.1) is 0 Å². The Morgan fingerprint density at radius 1 is 0.309 bits per heavy atom. The molecule has 0 N–H and O–H groups in total. The van der Waals surface area contributed by atoms with Gasteiger partial charge in [0.05, 0.1) is 16.7 Å². The van der Waals surface area contributed by atoms with E-state index in [1.54, 1.807) is 0 Å². The zero-order chi connectivity index (χ0) is 35.8. The van der Waals surface area contributed by atoms with Crippen LogP contribution < -0.4 is 0 Å². The average Bonchev–Trinajstić information content (AvgIpc) is 3.93. The van der Waals surface area contributed by atoms with Gasteiger partial charge < -0.3 is 13.4 Å². The normalized spacial score (nSPS) is 12.4. The monoisotopic (exact) mass is 699 g/mol. The molecule has 0 radical (unpaired) electrons. The third-order valence-corrected chi connectivity index (χ3v) is 12.0. The van der Waals surface area contributed by atoms with E-state index in [2.05, 4.69) is 174 Å². The van der Waals surface area contributed by atoms with Crippen LogP contribution in [0.25, 0.3) is 126 Å². The van der Waals surface area contributed by atoms with Gasteiger partial charge in [0, 0.05) is 43.1 Å². The number of rotatable bonds is 2. The van der Waals surface area contributed by atoms with Crippen molar-refractivity contribution in [2.75, 3.05) is 0 Å². The van der Waals surface area contributed by atoms with Crippen molar-refractivity contribution in [1.82, 2.24) is 4.57 Å². The van der Waals surface area contributed by atoms with Gasteiger partial charge >= 0.3 is 0 Å². The first kappa shape index (κ1) is 29.1. The van der Waals surface area contributed by atoms with Gasteiger partial charge in [0.15, 0.2) is 5.58 Å². The quantitative estimate of drug-likeness (QED) is 0.168. The Morgan fingerprint density at radius 2 is 0.927 bits per heavy atom. The Kier molecular flexibility index (Phi) is 5.63. The number of fused-ring (bicyclic) bond motifs is 18. The summed E-state index contributed by atoms with van der Waals surface area (Å²) in [4.78, 5) is 0. The van der Waals surface area contributed by atoms with E-state index in [4.69, 9.17) is 8.83 Å². The van der Waals surface area contributed by atoms with E-state index in [0.717, 1.165) is 60.6 Å². The Balaban J connectivity index is 1.04. The summed E-state index contributed by atoms with van der Waals surface area (Å²) in [6, 6.07) is 63.6. The van der Waals surface area contributed by atoms with Crippen LogP contribution in [0.3, 0.4) is 0 Å². The second kappa shape index (κ2) is 10.6. The van der Waals surface area contributed by atoms with Crippen molar-refractivity contribution in [3.8, 4) is 16.8 Å². The molecule has 0 aliphatic heterocycles. The minimum absolute atomic E-state index is 0.901. The first-order chi connectivity index (χ1) is 27.3. The van der Waals surface area contributed by atoms with E-state index >= 15 is 0 Å². The smallest absolute Gasteiger partial charge is 0.159 e. The van der Waals surface area contributed by atoms with Crippen LogP contribution in [-0.2, 0) is 0 Å². The lowest BCUT2D eigenvalue weighted by molar-refractivity contribution is 0.666. The largest absolute Gasteiger partial charge is 0.455 e. The second-order valence-corrected chi connectivity index (χ2v) is 14.8. The molecule has 13 rings (SSSR count). The molecule has 0 spiro atoms. The van der Waals surface area contributed by atoms with E-state index in [-0.39, 0.29) is 0 Å². The maximum atomic E-state index is 6.64. The molecule has 0 aliphatic rings. The number of para-hydroxylation sites is 3. The van der Waals surface area contributed by atoms with Gasteiger partial charge in [-0.2, -0.15) is 0 Å². The van der Waals surface area contributed by atoms with Crippen LogP contribution in [0.5, 0.6) is 0 Å². The van der Waals surface area contributed by atoms with E-state index in [9.17, 15) is 0 Å². The summed E-state index contributed by atoms with van der Waals surface area (Å²) in [5, 5.41) is 16.8. The van der Waals surface area contributed by atoms with Crippen LogP contribution in [-0.4, -0.2) is 4.57 Å². The van der Waals surface area contributed by atoms with Gasteiger partial charge in [-0.05, 0) is 98.0 Å². The van der Waals surface area contributed by atoms with Crippen LogP contribution >= 0.6 is 0 Å². The summed E-state index contributed by atoms with van der Waals surface area (Å²) in [5.41, 5.74) is 9.41. The highest BCUT2D eigenvalue weighted by molar-refractivity contribution is 6.35. The fourth-order valence-electron chi connectivity index (χ4n) is 9.54. The summed E-state index contributed by atoms with van der Waals surface area (Å²) in [7, 11) is 0. The number of furan rings is 2. The maximum Gasteiger partial charge on any atom is 0.159 e. The molecule has 0 aliphatic carbocycles. The van der Waals surface area contributed by atoms with Crippen LogP contribution in [0, 0.1) is 0 Å². The first-order valence-corrected chi connectivity index (χ1v) is 18.8.